The normalized spacial score (nSPS) is 17.2. The molecule has 1 aromatic carbocycles. The predicted octanol–water partition coefficient (Wildman–Crippen LogP) is 2.95. The fourth-order valence-corrected chi connectivity index (χ4v) is 2.87. The van der Waals surface area contributed by atoms with Crippen LogP contribution in [0.3, 0.4) is 0 Å². The Morgan fingerprint density at radius 2 is 1.89 bits per heavy atom. The fourth-order valence-electron chi connectivity index (χ4n) is 2.51. The number of nitrogen functional groups attached to an aromatic ring is 1. The second kappa shape index (κ2) is 6.09. The highest BCUT2D eigenvalue weighted by Gasteiger charge is 2.20. The summed E-state index contributed by atoms with van der Waals surface area (Å²) < 4.78 is 14.0. The number of piperazine rings is 1. The van der Waals surface area contributed by atoms with Gasteiger partial charge in [-0.3, -0.25) is 4.90 Å². The van der Waals surface area contributed by atoms with Gasteiger partial charge in [-0.05, 0) is 27.9 Å². The quantitative estimate of drug-likeness (QED) is 0.865. The topological polar surface area (TPSA) is 32.5 Å². The summed E-state index contributed by atoms with van der Waals surface area (Å²) in [5, 5.41) is 0. The van der Waals surface area contributed by atoms with E-state index in [1.807, 2.05) is 0 Å². The highest BCUT2D eigenvalue weighted by Crippen LogP contribution is 2.30. The van der Waals surface area contributed by atoms with Gasteiger partial charge < -0.3 is 10.6 Å². The van der Waals surface area contributed by atoms with E-state index in [0.29, 0.717) is 16.1 Å². The maximum atomic E-state index is 13.6. The maximum absolute atomic E-state index is 13.6. The molecule has 0 aromatic heterocycles. The molecular weight excluding hydrogens is 309 g/mol. The largest absolute Gasteiger partial charge is 0.397 e. The molecule has 0 saturated carbocycles. The molecule has 19 heavy (non-hydrogen) atoms. The zero-order valence-electron chi connectivity index (χ0n) is 11.5. The Morgan fingerprint density at radius 3 is 2.47 bits per heavy atom. The third-order valence-corrected chi connectivity index (χ3v) is 4.01. The average Bonchev–Trinajstić information content (AvgIpc) is 2.34. The Morgan fingerprint density at radius 1 is 1.26 bits per heavy atom. The molecule has 0 aliphatic carbocycles. The van der Waals surface area contributed by atoms with E-state index >= 15 is 0 Å². The summed E-state index contributed by atoms with van der Waals surface area (Å²) in [5.74, 6) is 0.426. The molecule has 1 heterocycles. The molecule has 1 aliphatic rings. The Balaban J connectivity index is 2.03. The summed E-state index contributed by atoms with van der Waals surface area (Å²) in [6.07, 6.45) is 0. The first-order valence-corrected chi connectivity index (χ1v) is 7.48. The lowest BCUT2D eigenvalue weighted by Gasteiger charge is -2.37. The molecular formula is C14H21BrFN3. The van der Waals surface area contributed by atoms with Crippen molar-refractivity contribution in [2.24, 2.45) is 5.92 Å². The third kappa shape index (κ3) is 3.60. The molecule has 1 saturated heterocycles. The number of nitrogens with two attached hydrogens (primary N) is 1. The van der Waals surface area contributed by atoms with E-state index in [0.717, 1.165) is 38.4 Å². The monoisotopic (exact) mass is 329 g/mol. The van der Waals surface area contributed by atoms with Gasteiger partial charge in [0.15, 0.2) is 0 Å². The van der Waals surface area contributed by atoms with Gasteiger partial charge in [-0.25, -0.2) is 4.39 Å². The van der Waals surface area contributed by atoms with Gasteiger partial charge in [0.1, 0.15) is 5.82 Å². The second-order valence-corrected chi connectivity index (χ2v) is 6.36. The SMILES string of the molecule is CC(C)CN1CCN(c2cc(F)c(Br)cc2N)CC1. The van der Waals surface area contributed by atoms with Gasteiger partial charge in [0, 0.05) is 38.8 Å². The Bertz CT molecular complexity index is 443. The molecule has 0 spiro atoms. The molecule has 5 heteroatoms. The minimum atomic E-state index is -0.256. The molecule has 2 N–H and O–H groups in total. The van der Waals surface area contributed by atoms with Crippen molar-refractivity contribution in [1.82, 2.24) is 4.90 Å². The summed E-state index contributed by atoms with van der Waals surface area (Å²) in [4.78, 5) is 4.62. The molecule has 1 fully saturated rings. The number of nitrogens with zero attached hydrogens (tertiary/aromatic N) is 2. The van der Waals surface area contributed by atoms with Crippen LogP contribution in [0.25, 0.3) is 0 Å². The van der Waals surface area contributed by atoms with Crippen molar-refractivity contribution in [3.05, 3.63) is 22.4 Å². The predicted molar refractivity (Wildman–Crippen MR) is 82.0 cm³/mol. The number of benzene rings is 1. The van der Waals surface area contributed by atoms with E-state index in [4.69, 9.17) is 5.73 Å². The highest BCUT2D eigenvalue weighted by atomic mass is 79.9. The van der Waals surface area contributed by atoms with E-state index in [1.54, 1.807) is 6.07 Å². The molecule has 1 aromatic rings. The summed E-state index contributed by atoms with van der Waals surface area (Å²) in [5.41, 5.74) is 7.42. The van der Waals surface area contributed by atoms with Crippen LogP contribution in [-0.2, 0) is 0 Å². The number of halogens is 2. The lowest BCUT2D eigenvalue weighted by atomic mass is 10.1. The van der Waals surface area contributed by atoms with E-state index in [9.17, 15) is 4.39 Å². The van der Waals surface area contributed by atoms with Crippen LogP contribution in [0.4, 0.5) is 15.8 Å². The van der Waals surface area contributed by atoms with Gasteiger partial charge in [-0.2, -0.15) is 0 Å². The zero-order chi connectivity index (χ0) is 14.0. The zero-order valence-corrected chi connectivity index (χ0v) is 13.1. The van der Waals surface area contributed by atoms with E-state index in [1.165, 1.54) is 6.07 Å². The van der Waals surface area contributed by atoms with Crippen molar-refractivity contribution in [3.8, 4) is 0 Å². The minimum Gasteiger partial charge on any atom is -0.397 e. The van der Waals surface area contributed by atoms with Crippen LogP contribution in [0, 0.1) is 11.7 Å². The second-order valence-electron chi connectivity index (χ2n) is 5.51. The first kappa shape index (κ1) is 14.6. The van der Waals surface area contributed by atoms with Crippen LogP contribution in [0.1, 0.15) is 13.8 Å². The van der Waals surface area contributed by atoms with Crippen LogP contribution in [-0.4, -0.2) is 37.6 Å². The first-order valence-electron chi connectivity index (χ1n) is 6.69. The Kier molecular flexibility index (Phi) is 4.68. The first-order chi connectivity index (χ1) is 8.97. The number of anilines is 2. The van der Waals surface area contributed by atoms with Gasteiger partial charge in [0.25, 0.3) is 0 Å². The van der Waals surface area contributed by atoms with Gasteiger partial charge in [-0.1, -0.05) is 13.8 Å². The van der Waals surface area contributed by atoms with Crippen LogP contribution >= 0.6 is 15.9 Å². The molecule has 3 nitrogen and oxygen atoms in total. The van der Waals surface area contributed by atoms with Crippen molar-refractivity contribution >= 4 is 27.3 Å². The lowest BCUT2D eigenvalue weighted by Crippen LogP contribution is -2.47. The summed E-state index contributed by atoms with van der Waals surface area (Å²) in [7, 11) is 0. The third-order valence-electron chi connectivity index (χ3n) is 3.41. The van der Waals surface area contributed by atoms with Crippen molar-refractivity contribution in [1.29, 1.82) is 0 Å². The van der Waals surface area contributed by atoms with Crippen molar-refractivity contribution < 1.29 is 4.39 Å². The Hall–Kier alpha value is -0.810. The average molecular weight is 330 g/mol. The van der Waals surface area contributed by atoms with Crippen LogP contribution < -0.4 is 10.6 Å². The molecule has 106 valence electrons. The van der Waals surface area contributed by atoms with Crippen LogP contribution in [0.15, 0.2) is 16.6 Å². The van der Waals surface area contributed by atoms with Crippen LogP contribution in [0.2, 0.25) is 0 Å². The lowest BCUT2D eigenvalue weighted by molar-refractivity contribution is 0.231. The fraction of sp³-hybridized carbons (Fsp3) is 0.571. The molecule has 0 unspecified atom stereocenters. The smallest absolute Gasteiger partial charge is 0.139 e. The molecule has 0 bridgehead atoms. The standard InChI is InChI=1S/C14H21BrFN3/c1-10(2)9-18-3-5-19(6-4-18)14-8-12(16)11(15)7-13(14)17/h7-8,10H,3-6,9,17H2,1-2H3. The summed E-state index contributed by atoms with van der Waals surface area (Å²) in [6.45, 7) is 9.40. The maximum Gasteiger partial charge on any atom is 0.139 e. The van der Waals surface area contributed by atoms with Gasteiger partial charge >= 0.3 is 0 Å². The molecule has 0 radical (unpaired) electrons. The highest BCUT2D eigenvalue weighted by molar-refractivity contribution is 9.10. The summed E-state index contributed by atoms with van der Waals surface area (Å²) in [6, 6.07) is 3.17. The van der Waals surface area contributed by atoms with Crippen molar-refractivity contribution in [2.45, 2.75) is 13.8 Å². The number of hydrogen-bond donors (Lipinski definition) is 1. The van der Waals surface area contributed by atoms with Crippen LogP contribution in [0.5, 0.6) is 0 Å². The van der Waals surface area contributed by atoms with Crippen molar-refractivity contribution in [3.63, 3.8) is 0 Å². The summed E-state index contributed by atoms with van der Waals surface area (Å²) >= 11 is 3.16. The van der Waals surface area contributed by atoms with E-state index < -0.39 is 0 Å². The number of rotatable bonds is 3. The van der Waals surface area contributed by atoms with Gasteiger partial charge in [-0.15, -0.1) is 0 Å². The Labute approximate surface area is 122 Å². The number of hydrogen-bond acceptors (Lipinski definition) is 3. The molecule has 2 rings (SSSR count). The van der Waals surface area contributed by atoms with E-state index in [-0.39, 0.29) is 5.82 Å². The molecule has 0 amide bonds. The minimum absolute atomic E-state index is 0.256. The molecule has 1 aliphatic heterocycles. The molecule has 0 atom stereocenters. The van der Waals surface area contributed by atoms with E-state index in [2.05, 4.69) is 39.6 Å². The van der Waals surface area contributed by atoms with Crippen molar-refractivity contribution in [2.75, 3.05) is 43.4 Å². The van der Waals surface area contributed by atoms with Gasteiger partial charge in [0.2, 0.25) is 0 Å². The van der Waals surface area contributed by atoms with Gasteiger partial charge in [0.05, 0.1) is 15.8 Å².